The number of hydrogen-bond donors (Lipinski definition) is 1. The van der Waals surface area contributed by atoms with Crippen LogP contribution >= 0.6 is 23.6 Å². The van der Waals surface area contributed by atoms with Crippen LogP contribution in [0.5, 0.6) is 28.7 Å². The third-order valence-electron chi connectivity index (χ3n) is 10.3. The van der Waals surface area contributed by atoms with Gasteiger partial charge in [-0.05, 0) is 64.3 Å². The van der Waals surface area contributed by atoms with Gasteiger partial charge in [-0.2, -0.15) is 0 Å². The molecule has 7 nitrogen and oxygen atoms in total. The van der Waals surface area contributed by atoms with Crippen molar-refractivity contribution in [1.29, 1.82) is 0 Å². The third-order valence-corrected chi connectivity index (χ3v) is 11.7. The number of para-hydroxylation sites is 1. The van der Waals surface area contributed by atoms with Gasteiger partial charge in [-0.15, -0.1) is 11.3 Å². The molecule has 1 unspecified atom stereocenters. The summed E-state index contributed by atoms with van der Waals surface area (Å²) in [5.74, 6) is 2.73. The smallest absolute Gasteiger partial charge is 0.162 e. The molecule has 7 aromatic carbocycles. The minimum atomic E-state index is -1.11. The Balaban J connectivity index is 1.15. The molecule has 0 saturated heterocycles. The Kier molecular flexibility index (Phi) is 11.4. The number of rotatable bonds is 14. The Bertz CT molecular complexity index is 2700. The molecule has 0 aliphatic carbocycles. The number of fused-ring (bicyclic) bond motifs is 2. The van der Waals surface area contributed by atoms with Gasteiger partial charge < -0.3 is 33.4 Å². The Hall–Kier alpha value is -6.39. The van der Waals surface area contributed by atoms with Crippen LogP contribution in [0, 0.1) is 3.95 Å². The number of nitrogens with zero attached hydrogens (tertiary/aromatic N) is 1. The van der Waals surface area contributed by atoms with Crippen molar-refractivity contribution in [2.24, 2.45) is 0 Å². The van der Waals surface area contributed by atoms with E-state index in [2.05, 4.69) is 0 Å². The zero-order valence-corrected chi connectivity index (χ0v) is 33.7. The first-order chi connectivity index (χ1) is 29.1. The molecule has 59 heavy (non-hydrogen) atoms. The maximum Gasteiger partial charge on any atom is 0.162 e. The van der Waals surface area contributed by atoms with Crippen LogP contribution in [0.3, 0.4) is 0 Å². The fourth-order valence-corrected chi connectivity index (χ4v) is 8.78. The van der Waals surface area contributed by atoms with Gasteiger partial charge in [0.05, 0.1) is 21.8 Å². The Morgan fingerprint density at radius 1 is 0.542 bits per heavy atom. The van der Waals surface area contributed by atoms with Gasteiger partial charge in [0.2, 0.25) is 0 Å². The second-order valence-electron chi connectivity index (χ2n) is 14.3. The number of ether oxygens (including phenoxy) is 5. The van der Waals surface area contributed by atoms with Gasteiger partial charge in [-0.25, -0.2) is 0 Å². The largest absolute Gasteiger partial charge is 0.489 e. The summed E-state index contributed by atoms with van der Waals surface area (Å²) >= 11 is 7.60. The number of aliphatic hydroxyl groups is 1. The van der Waals surface area contributed by atoms with Crippen molar-refractivity contribution in [1.82, 2.24) is 4.57 Å². The van der Waals surface area contributed by atoms with Crippen molar-refractivity contribution in [3.8, 4) is 28.7 Å². The Labute approximate surface area is 352 Å². The van der Waals surface area contributed by atoms with Gasteiger partial charge >= 0.3 is 0 Å². The highest BCUT2D eigenvalue weighted by atomic mass is 32.1. The van der Waals surface area contributed by atoms with Crippen LogP contribution in [-0.4, -0.2) is 15.8 Å². The van der Waals surface area contributed by atoms with E-state index in [0.29, 0.717) is 70.3 Å². The molecule has 0 spiro atoms. The summed E-state index contributed by atoms with van der Waals surface area (Å²) in [5.41, 5.74) is 6.37. The number of aliphatic hydroxyl groups excluding tert-OH is 1. The molecule has 0 fully saturated rings. The van der Waals surface area contributed by atoms with E-state index >= 15 is 0 Å². The summed E-state index contributed by atoms with van der Waals surface area (Å²) in [7, 11) is 0. The van der Waals surface area contributed by atoms with Crippen LogP contribution in [0.25, 0.3) is 10.2 Å². The first-order valence-electron chi connectivity index (χ1n) is 19.5. The Morgan fingerprint density at radius 3 is 1.64 bits per heavy atom. The highest BCUT2D eigenvalue weighted by molar-refractivity contribution is 7.73. The quantitative estimate of drug-likeness (QED) is 0.110. The average Bonchev–Trinajstić information content (AvgIpc) is 3.62. The summed E-state index contributed by atoms with van der Waals surface area (Å²) in [4.78, 5) is 0. The van der Waals surface area contributed by atoms with E-state index in [1.54, 1.807) is 0 Å². The van der Waals surface area contributed by atoms with Crippen molar-refractivity contribution in [3.05, 3.63) is 213 Å². The summed E-state index contributed by atoms with van der Waals surface area (Å²) in [5, 5.41) is 12.8. The molecule has 3 atom stereocenters. The molecular weight excluding hydrogens is 775 g/mol. The van der Waals surface area contributed by atoms with Gasteiger partial charge in [0.1, 0.15) is 49.8 Å². The lowest BCUT2D eigenvalue weighted by Gasteiger charge is -2.39. The predicted octanol–water partition coefficient (Wildman–Crippen LogP) is 11.8. The van der Waals surface area contributed by atoms with E-state index in [-0.39, 0.29) is 0 Å². The van der Waals surface area contributed by atoms with E-state index in [0.717, 1.165) is 32.5 Å². The van der Waals surface area contributed by atoms with Gasteiger partial charge in [0.25, 0.3) is 0 Å². The maximum absolute atomic E-state index is 12.8. The molecule has 0 amide bonds. The van der Waals surface area contributed by atoms with Crippen molar-refractivity contribution < 1.29 is 28.8 Å². The van der Waals surface area contributed by atoms with E-state index < -0.39 is 18.2 Å². The highest BCUT2D eigenvalue weighted by Gasteiger charge is 2.43. The standard InChI is InChI=1S/C50H41NO6S2/c52-48-47(51-40-23-13-14-24-45(40)59-50(51)58)46-43(56-33-37-21-11-4-12-22-37)28-39(53-30-34-15-5-1-6-16-34)29-44(46)57-49(48)38-25-26-41(54-31-35-17-7-2-8-18-35)42(27-38)55-32-36-19-9-3-10-20-36/h1-29,47-49,52H,30-33H2/t47?,48-,49-/m1/s1. The predicted molar refractivity (Wildman–Crippen MR) is 234 cm³/mol. The third kappa shape index (κ3) is 8.59. The maximum atomic E-state index is 12.8. The van der Waals surface area contributed by atoms with Crippen LogP contribution in [0.4, 0.5) is 0 Å². The van der Waals surface area contributed by atoms with Crippen LogP contribution in [0.1, 0.15) is 45.5 Å². The molecule has 0 saturated carbocycles. The molecule has 0 radical (unpaired) electrons. The number of benzene rings is 7. The first-order valence-corrected chi connectivity index (χ1v) is 20.7. The molecule has 2 heterocycles. The molecule has 9 heteroatoms. The van der Waals surface area contributed by atoms with Crippen LogP contribution in [-0.2, 0) is 26.4 Å². The fraction of sp³-hybridized carbons (Fsp3) is 0.140. The lowest BCUT2D eigenvalue weighted by atomic mass is 9.88. The first kappa shape index (κ1) is 38.1. The number of hydrogen-bond acceptors (Lipinski definition) is 8. The zero-order valence-electron chi connectivity index (χ0n) is 32.1. The van der Waals surface area contributed by atoms with E-state index in [1.807, 2.05) is 180 Å². The monoisotopic (exact) mass is 815 g/mol. The molecule has 1 aliphatic heterocycles. The SMILES string of the molecule is O[C@@H]1C(n2c(=S)sc3ccccc32)c2c(OCc3ccccc3)cc(OCc3ccccc3)cc2O[C@@H]1c1ccc(OCc2ccccc2)c(OCc2ccccc2)c1. The summed E-state index contributed by atoms with van der Waals surface area (Å²) in [6.45, 7) is 1.33. The minimum absolute atomic E-state index is 0.296. The molecule has 1 aliphatic rings. The number of aromatic nitrogens is 1. The van der Waals surface area contributed by atoms with Gasteiger partial charge in [-0.3, -0.25) is 0 Å². The molecular formula is C50H41NO6S2. The molecule has 9 rings (SSSR count). The minimum Gasteiger partial charge on any atom is -0.489 e. The molecule has 0 bridgehead atoms. The van der Waals surface area contributed by atoms with E-state index in [4.69, 9.17) is 35.9 Å². The molecule has 294 valence electrons. The van der Waals surface area contributed by atoms with Crippen LogP contribution < -0.4 is 23.7 Å². The zero-order chi connectivity index (χ0) is 40.0. The van der Waals surface area contributed by atoms with E-state index in [1.165, 1.54) is 11.3 Å². The second-order valence-corrected chi connectivity index (χ2v) is 16.0. The fourth-order valence-electron chi connectivity index (χ4n) is 7.39. The number of thiazole rings is 1. The van der Waals surface area contributed by atoms with Crippen molar-refractivity contribution >= 4 is 33.8 Å². The second kappa shape index (κ2) is 17.6. The Morgan fingerprint density at radius 2 is 1.05 bits per heavy atom. The highest BCUT2D eigenvalue weighted by Crippen LogP contribution is 2.51. The summed E-state index contributed by atoms with van der Waals surface area (Å²) in [6, 6.07) is 56.9. The van der Waals surface area contributed by atoms with Crippen LogP contribution in [0.15, 0.2) is 176 Å². The van der Waals surface area contributed by atoms with Gasteiger partial charge in [0, 0.05) is 12.1 Å². The van der Waals surface area contributed by atoms with Crippen molar-refractivity contribution in [2.75, 3.05) is 0 Å². The summed E-state index contributed by atoms with van der Waals surface area (Å²) < 4.78 is 36.6. The van der Waals surface area contributed by atoms with Crippen molar-refractivity contribution in [3.63, 3.8) is 0 Å². The molecule has 1 aromatic heterocycles. The van der Waals surface area contributed by atoms with Gasteiger partial charge in [-0.1, -0.05) is 140 Å². The van der Waals surface area contributed by atoms with E-state index in [9.17, 15) is 5.11 Å². The average molecular weight is 816 g/mol. The topological polar surface area (TPSA) is 71.3 Å². The summed E-state index contributed by atoms with van der Waals surface area (Å²) in [6.07, 6.45) is -1.96. The molecule has 1 N–H and O–H groups in total. The van der Waals surface area contributed by atoms with Gasteiger partial charge in [0.15, 0.2) is 21.6 Å². The normalized spacial score (nSPS) is 15.8. The van der Waals surface area contributed by atoms with Crippen molar-refractivity contribution in [2.45, 2.75) is 44.7 Å². The lowest BCUT2D eigenvalue weighted by Crippen LogP contribution is -2.38. The lowest BCUT2D eigenvalue weighted by molar-refractivity contribution is -0.00813. The van der Waals surface area contributed by atoms with Crippen LogP contribution in [0.2, 0.25) is 0 Å². The molecule has 8 aromatic rings.